The molecule has 26 heavy (non-hydrogen) atoms. The molecule has 0 aliphatic carbocycles. The predicted octanol–water partition coefficient (Wildman–Crippen LogP) is 5.62. The van der Waals surface area contributed by atoms with E-state index in [0.717, 1.165) is 25.9 Å². The first kappa shape index (κ1) is 19.3. The Morgan fingerprint density at radius 1 is 0.962 bits per heavy atom. The second-order valence-corrected chi connectivity index (χ2v) is 9.71. The van der Waals surface area contributed by atoms with Gasteiger partial charge in [-0.2, -0.15) is 0 Å². The zero-order chi connectivity index (χ0) is 18.7. The van der Waals surface area contributed by atoms with Crippen LogP contribution in [0.5, 0.6) is 0 Å². The minimum absolute atomic E-state index is 0.602. The molecule has 3 rings (SSSR count). The highest BCUT2D eigenvalue weighted by Crippen LogP contribution is 2.39. The van der Waals surface area contributed by atoms with Gasteiger partial charge < -0.3 is 9.80 Å². The number of benzene rings is 2. The van der Waals surface area contributed by atoms with Crippen LogP contribution in [0.1, 0.15) is 31.9 Å². The normalized spacial score (nSPS) is 15.0. The van der Waals surface area contributed by atoms with Crippen molar-refractivity contribution in [2.75, 3.05) is 32.1 Å². The second-order valence-electron chi connectivity index (χ2n) is 8.06. The van der Waals surface area contributed by atoms with Crippen LogP contribution in [0.2, 0.25) is 0 Å². The molecule has 1 aliphatic rings. The molecule has 0 aromatic heterocycles. The van der Waals surface area contributed by atoms with E-state index in [2.05, 4.69) is 87.1 Å². The molecule has 0 bridgehead atoms. The minimum atomic E-state index is 0.602. The van der Waals surface area contributed by atoms with Crippen molar-refractivity contribution in [1.29, 1.82) is 0 Å². The average Bonchev–Trinajstić information content (AvgIpc) is 2.71. The van der Waals surface area contributed by atoms with E-state index in [1.807, 2.05) is 11.8 Å². The monoisotopic (exact) mass is 368 g/mol. The first-order chi connectivity index (χ1) is 12.4. The molecule has 2 aromatic carbocycles. The third-order valence-electron chi connectivity index (χ3n) is 4.84. The van der Waals surface area contributed by atoms with E-state index >= 15 is 0 Å². The van der Waals surface area contributed by atoms with Gasteiger partial charge in [0.15, 0.2) is 0 Å². The molecule has 0 amide bonds. The van der Waals surface area contributed by atoms with Gasteiger partial charge in [-0.25, -0.2) is 0 Å². The molecule has 0 N–H and O–H groups in total. The maximum atomic E-state index is 2.58. The fourth-order valence-electron chi connectivity index (χ4n) is 3.93. The maximum Gasteiger partial charge on any atom is 0.0454 e. The summed E-state index contributed by atoms with van der Waals surface area (Å²) in [6.07, 6.45) is 2.25. The lowest BCUT2D eigenvalue weighted by Gasteiger charge is -2.31. The van der Waals surface area contributed by atoms with E-state index in [4.69, 9.17) is 0 Å². The standard InChI is InChI=1S/C23H32N2S/c1-17(2)26-21-13-12-20-11-10-19-8-6-7-9-22(19)25(23(20)14-21)16-18(3)15-24(4)5/h6-9,12-14,17-18H,10-11,15-16H2,1-5H3. The summed E-state index contributed by atoms with van der Waals surface area (Å²) in [7, 11) is 4.33. The summed E-state index contributed by atoms with van der Waals surface area (Å²) in [6, 6.07) is 16.0. The van der Waals surface area contributed by atoms with Gasteiger partial charge in [-0.05, 0) is 62.2 Å². The summed E-state index contributed by atoms with van der Waals surface area (Å²) in [6.45, 7) is 9.05. The van der Waals surface area contributed by atoms with E-state index < -0.39 is 0 Å². The highest BCUT2D eigenvalue weighted by atomic mass is 32.2. The molecule has 1 aliphatic heterocycles. The Balaban J connectivity index is 2.01. The van der Waals surface area contributed by atoms with Crippen LogP contribution in [0, 0.1) is 5.92 Å². The summed E-state index contributed by atoms with van der Waals surface area (Å²) < 4.78 is 0. The van der Waals surface area contributed by atoms with Crippen LogP contribution < -0.4 is 4.90 Å². The molecule has 3 heteroatoms. The van der Waals surface area contributed by atoms with Crippen LogP contribution in [0.15, 0.2) is 47.4 Å². The molecule has 2 nitrogen and oxygen atoms in total. The summed E-state index contributed by atoms with van der Waals surface area (Å²) in [5.74, 6) is 0.602. The van der Waals surface area contributed by atoms with Gasteiger partial charge in [-0.3, -0.25) is 0 Å². The van der Waals surface area contributed by atoms with Gasteiger partial charge in [0.1, 0.15) is 0 Å². The third-order valence-corrected chi connectivity index (χ3v) is 5.83. The van der Waals surface area contributed by atoms with Gasteiger partial charge in [0.2, 0.25) is 0 Å². The fourth-order valence-corrected chi connectivity index (χ4v) is 4.80. The first-order valence-electron chi connectivity index (χ1n) is 9.73. The number of rotatable bonds is 6. The summed E-state index contributed by atoms with van der Waals surface area (Å²) in [5.41, 5.74) is 5.75. The number of thioether (sulfide) groups is 1. The van der Waals surface area contributed by atoms with Crippen molar-refractivity contribution in [3.05, 3.63) is 53.6 Å². The molecule has 0 spiro atoms. The molecule has 1 atom stereocenters. The van der Waals surface area contributed by atoms with E-state index in [1.54, 1.807) is 0 Å². The highest BCUT2D eigenvalue weighted by Gasteiger charge is 2.22. The van der Waals surface area contributed by atoms with Crippen molar-refractivity contribution in [2.24, 2.45) is 5.92 Å². The Bertz CT molecular complexity index is 739. The quantitative estimate of drug-likeness (QED) is 0.611. The van der Waals surface area contributed by atoms with Crippen molar-refractivity contribution < 1.29 is 0 Å². The largest absolute Gasteiger partial charge is 0.341 e. The number of nitrogens with zero attached hydrogens (tertiary/aromatic N) is 2. The van der Waals surface area contributed by atoms with Crippen molar-refractivity contribution in [1.82, 2.24) is 4.90 Å². The summed E-state index contributed by atoms with van der Waals surface area (Å²) in [5, 5.41) is 0.604. The first-order valence-corrected chi connectivity index (χ1v) is 10.6. The zero-order valence-corrected chi connectivity index (χ0v) is 17.6. The lowest BCUT2D eigenvalue weighted by atomic mass is 10.0. The molecular formula is C23H32N2S. The Morgan fingerprint density at radius 2 is 1.65 bits per heavy atom. The van der Waals surface area contributed by atoms with E-state index in [1.165, 1.54) is 27.4 Å². The fraction of sp³-hybridized carbons (Fsp3) is 0.478. The smallest absolute Gasteiger partial charge is 0.0454 e. The Morgan fingerprint density at radius 3 is 2.35 bits per heavy atom. The maximum absolute atomic E-state index is 2.58. The topological polar surface area (TPSA) is 6.48 Å². The Kier molecular flexibility index (Phi) is 6.31. The lowest BCUT2D eigenvalue weighted by Crippen LogP contribution is -2.30. The predicted molar refractivity (Wildman–Crippen MR) is 116 cm³/mol. The minimum Gasteiger partial charge on any atom is -0.341 e. The van der Waals surface area contributed by atoms with Gasteiger partial charge >= 0.3 is 0 Å². The van der Waals surface area contributed by atoms with Crippen LogP contribution in [0.25, 0.3) is 0 Å². The lowest BCUT2D eigenvalue weighted by molar-refractivity contribution is 0.343. The number of para-hydroxylation sites is 1. The number of hydrogen-bond donors (Lipinski definition) is 0. The van der Waals surface area contributed by atoms with E-state index in [-0.39, 0.29) is 0 Å². The van der Waals surface area contributed by atoms with Crippen molar-refractivity contribution >= 4 is 23.1 Å². The van der Waals surface area contributed by atoms with Crippen LogP contribution in [0.3, 0.4) is 0 Å². The molecule has 1 heterocycles. The number of anilines is 2. The van der Waals surface area contributed by atoms with Crippen molar-refractivity contribution in [2.45, 2.75) is 43.8 Å². The van der Waals surface area contributed by atoms with E-state index in [9.17, 15) is 0 Å². The summed E-state index contributed by atoms with van der Waals surface area (Å²) in [4.78, 5) is 6.25. The zero-order valence-electron chi connectivity index (χ0n) is 16.8. The van der Waals surface area contributed by atoms with Crippen LogP contribution >= 0.6 is 11.8 Å². The molecular weight excluding hydrogens is 336 g/mol. The third kappa shape index (κ3) is 4.63. The molecule has 0 saturated heterocycles. The molecule has 0 radical (unpaired) electrons. The van der Waals surface area contributed by atoms with Crippen molar-refractivity contribution in [3.8, 4) is 0 Å². The molecule has 2 aromatic rings. The summed E-state index contributed by atoms with van der Waals surface area (Å²) >= 11 is 1.96. The average molecular weight is 369 g/mol. The Hall–Kier alpha value is -1.45. The molecule has 0 saturated carbocycles. The molecule has 0 fully saturated rings. The van der Waals surface area contributed by atoms with Crippen LogP contribution in [-0.2, 0) is 12.8 Å². The SMILES string of the molecule is CC(CN(C)C)CN1c2ccccc2CCc2ccc(SC(C)C)cc21. The number of hydrogen-bond acceptors (Lipinski definition) is 3. The highest BCUT2D eigenvalue weighted by molar-refractivity contribution is 7.99. The van der Waals surface area contributed by atoms with Gasteiger partial charge in [-0.1, -0.05) is 45.0 Å². The van der Waals surface area contributed by atoms with Gasteiger partial charge in [0, 0.05) is 34.6 Å². The van der Waals surface area contributed by atoms with Crippen LogP contribution in [0.4, 0.5) is 11.4 Å². The Labute approximate surface area is 163 Å². The number of aryl methyl sites for hydroxylation is 2. The number of fused-ring (bicyclic) bond motifs is 2. The van der Waals surface area contributed by atoms with Gasteiger partial charge in [0.05, 0.1) is 0 Å². The van der Waals surface area contributed by atoms with Crippen molar-refractivity contribution in [3.63, 3.8) is 0 Å². The van der Waals surface area contributed by atoms with E-state index in [0.29, 0.717) is 11.2 Å². The van der Waals surface area contributed by atoms with Gasteiger partial charge in [-0.15, -0.1) is 11.8 Å². The van der Waals surface area contributed by atoms with Crippen LogP contribution in [-0.4, -0.2) is 37.3 Å². The molecule has 140 valence electrons. The molecule has 1 unspecified atom stereocenters. The second kappa shape index (κ2) is 8.49. The van der Waals surface area contributed by atoms with Gasteiger partial charge in [0.25, 0.3) is 0 Å².